The van der Waals surface area contributed by atoms with E-state index in [9.17, 15) is 27.6 Å². The average molecular weight is 778 g/mol. The van der Waals surface area contributed by atoms with E-state index in [-0.39, 0.29) is 24.2 Å². The number of alkyl halides is 3. The minimum absolute atomic E-state index is 0.155. The van der Waals surface area contributed by atoms with Crippen LogP contribution < -0.4 is 16.0 Å². The van der Waals surface area contributed by atoms with Crippen LogP contribution in [0, 0.1) is 11.8 Å². The number of aromatic nitrogens is 6. The van der Waals surface area contributed by atoms with Crippen molar-refractivity contribution in [2.24, 2.45) is 17.6 Å². The van der Waals surface area contributed by atoms with Crippen LogP contribution in [0.4, 0.5) is 23.7 Å². The second-order valence-electron chi connectivity index (χ2n) is 14.4. The molecule has 18 heteroatoms. The second-order valence-corrected chi connectivity index (χ2v) is 14.4. The number of aromatic amines is 2. The number of carboxylic acid groups (broad SMARTS) is 1. The normalized spacial score (nSPS) is 16.2. The van der Waals surface area contributed by atoms with Gasteiger partial charge in [-0.05, 0) is 105 Å². The minimum atomic E-state index is -5.08. The number of amides is 3. The number of carbonyl (C=O) groups excluding carboxylic acids is 3. The van der Waals surface area contributed by atoms with Crippen molar-refractivity contribution in [3.8, 4) is 22.5 Å². The summed E-state index contributed by atoms with van der Waals surface area (Å²) in [5.41, 5.74) is 10.4. The lowest BCUT2D eigenvalue weighted by molar-refractivity contribution is -0.192. The number of ether oxygens (including phenoxy) is 1. The van der Waals surface area contributed by atoms with Crippen LogP contribution in [0.1, 0.15) is 52.0 Å². The summed E-state index contributed by atoms with van der Waals surface area (Å²) >= 11 is 0. The fraction of sp³-hybridized carbons (Fsp3) is 0.368. The summed E-state index contributed by atoms with van der Waals surface area (Å²) in [6.07, 6.45) is 1.13. The van der Waals surface area contributed by atoms with Crippen LogP contribution in [0.15, 0.2) is 73.1 Å². The van der Waals surface area contributed by atoms with Gasteiger partial charge in [-0.1, -0.05) is 24.3 Å². The number of rotatable bonds is 10. The summed E-state index contributed by atoms with van der Waals surface area (Å²) in [7, 11) is 0. The number of alkyl carbamates (subject to hydrolysis) is 1. The van der Waals surface area contributed by atoms with Crippen molar-refractivity contribution >= 4 is 40.6 Å². The van der Waals surface area contributed by atoms with Crippen molar-refractivity contribution < 1.29 is 42.2 Å². The molecule has 0 saturated heterocycles. The Bertz CT molecular complexity index is 2110. The largest absolute Gasteiger partial charge is 0.490 e. The summed E-state index contributed by atoms with van der Waals surface area (Å²) in [4.78, 5) is 57.8. The second kappa shape index (κ2) is 17.4. The first kappa shape index (κ1) is 40.8. The van der Waals surface area contributed by atoms with E-state index in [0.717, 1.165) is 40.6 Å². The molecule has 5 aromatic rings. The summed E-state index contributed by atoms with van der Waals surface area (Å²) in [6, 6.07) is 18.2. The predicted octanol–water partition coefficient (Wildman–Crippen LogP) is 5.80. The van der Waals surface area contributed by atoms with Crippen molar-refractivity contribution in [1.82, 2.24) is 35.9 Å². The van der Waals surface area contributed by atoms with Crippen molar-refractivity contribution in [2.75, 3.05) is 11.4 Å². The number of hydrogen-bond donors (Lipinski definition) is 5. The van der Waals surface area contributed by atoms with E-state index < -0.39 is 35.8 Å². The van der Waals surface area contributed by atoms with Crippen molar-refractivity contribution in [3.05, 3.63) is 78.6 Å². The molecule has 0 radical (unpaired) electrons. The molecule has 1 fully saturated rings. The number of primary amides is 1. The Balaban J connectivity index is 0.000000784. The van der Waals surface area contributed by atoms with Gasteiger partial charge in [0.05, 0.1) is 0 Å². The van der Waals surface area contributed by atoms with Crippen LogP contribution >= 0.6 is 0 Å². The number of anilines is 1. The van der Waals surface area contributed by atoms with Gasteiger partial charge in [-0.3, -0.25) is 14.5 Å². The molecule has 6 rings (SSSR count). The zero-order valence-corrected chi connectivity index (χ0v) is 30.8. The highest BCUT2D eigenvalue weighted by atomic mass is 19.4. The molecule has 296 valence electrons. The number of nitrogens with one attached hydrogen (secondary N) is 3. The number of benzene rings is 2. The first-order valence-corrected chi connectivity index (χ1v) is 17.7. The topological polar surface area (TPSA) is 222 Å². The van der Waals surface area contributed by atoms with E-state index in [1.54, 1.807) is 29.2 Å². The molecule has 3 heterocycles. The van der Waals surface area contributed by atoms with Gasteiger partial charge in [-0.2, -0.15) is 18.4 Å². The maximum atomic E-state index is 14.4. The molecule has 56 heavy (non-hydrogen) atoms. The Hall–Kier alpha value is -6.33. The predicted molar refractivity (Wildman–Crippen MR) is 199 cm³/mol. The smallest absolute Gasteiger partial charge is 0.475 e. The van der Waals surface area contributed by atoms with Crippen LogP contribution in [0.3, 0.4) is 0 Å². The third-order valence-electron chi connectivity index (χ3n) is 9.12. The number of tetrazole rings is 1. The fourth-order valence-electron chi connectivity index (χ4n) is 6.34. The number of H-pyrrole nitrogens is 2. The molecular formula is C38H42F3N9O6. The number of nitrogens with zero attached hydrogens (tertiary/aromatic N) is 5. The van der Waals surface area contributed by atoms with Gasteiger partial charge in [0.15, 0.2) is 0 Å². The van der Waals surface area contributed by atoms with Gasteiger partial charge in [0.25, 0.3) is 0 Å². The number of aliphatic carboxylic acids is 1. The van der Waals surface area contributed by atoms with Crippen molar-refractivity contribution in [1.29, 1.82) is 0 Å². The number of pyridine rings is 1. The Kier molecular flexibility index (Phi) is 12.7. The molecule has 2 aromatic carbocycles. The number of hydrogen-bond acceptors (Lipinski definition) is 9. The number of halogens is 3. The summed E-state index contributed by atoms with van der Waals surface area (Å²) in [6.45, 7) is 5.95. The molecule has 0 spiro atoms. The summed E-state index contributed by atoms with van der Waals surface area (Å²) in [5.74, 6) is -3.19. The van der Waals surface area contributed by atoms with Crippen LogP contribution in [0.25, 0.3) is 33.5 Å². The number of nitrogens with two attached hydrogens (primary N) is 1. The summed E-state index contributed by atoms with van der Waals surface area (Å²) in [5, 5.41) is 25.2. The monoisotopic (exact) mass is 777 g/mol. The van der Waals surface area contributed by atoms with Crippen LogP contribution in [0.5, 0.6) is 0 Å². The molecule has 1 atom stereocenters. The van der Waals surface area contributed by atoms with E-state index >= 15 is 0 Å². The van der Waals surface area contributed by atoms with E-state index in [2.05, 4.69) is 42.0 Å². The molecule has 1 saturated carbocycles. The number of carbonyl (C=O) groups is 4. The van der Waals surface area contributed by atoms with E-state index in [1.807, 2.05) is 63.5 Å². The Morgan fingerprint density at radius 2 is 1.61 bits per heavy atom. The SMILES string of the molecule is CC(C)(C)OC(=O)NCC1CCC(C(=O)N(c2ccc(-c3nn[nH]n3)cc2)[C@@H](Cc2ccc(-c3cnc4[nH]ccc4c3)cc2)C(N)=O)CC1.O=C(O)C(F)(F)F. The molecule has 0 aliphatic heterocycles. The molecule has 3 aromatic heterocycles. The van der Waals surface area contributed by atoms with E-state index in [4.69, 9.17) is 20.4 Å². The maximum Gasteiger partial charge on any atom is 0.490 e. The Morgan fingerprint density at radius 1 is 0.964 bits per heavy atom. The highest BCUT2D eigenvalue weighted by Crippen LogP contribution is 2.33. The lowest BCUT2D eigenvalue weighted by Gasteiger charge is -2.36. The highest BCUT2D eigenvalue weighted by molar-refractivity contribution is 6.02. The minimum Gasteiger partial charge on any atom is -0.475 e. The van der Waals surface area contributed by atoms with Crippen LogP contribution in [-0.4, -0.2) is 83.9 Å². The highest BCUT2D eigenvalue weighted by Gasteiger charge is 2.38. The molecule has 1 aliphatic rings. The number of fused-ring (bicyclic) bond motifs is 1. The van der Waals surface area contributed by atoms with E-state index in [0.29, 0.717) is 36.5 Å². The third-order valence-corrected chi connectivity index (χ3v) is 9.12. The quantitative estimate of drug-likeness (QED) is 0.115. The van der Waals surface area contributed by atoms with Gasteiger partial charge < -0.3 is 25.9 Å². The van der Waals surface area contributed by atoms with Gasteiger partial charge in [0.2, 0.25) is 17.6 Å². The Morgan fingerprint density at radius 3 is 2.18 bits per heavy atom. The zero-order chi connectivity index (χ0) is 40.6. The first-order valence-electron chi connectivity index (χ1n) is 17.7. The lowest BCUT2D eigenvalue weighted by atomic mass is 9.81. The zero-order valence-electron chi connectivity index (χ0n) is 30.8. The van der Waals surface area contributed by atoms with Gasteiger partial charge in [0, 0.05) is 53.5 Å². The van der Waals surface area contributed by atoms with Crippen LogP contribution in [0.2, 0.25) is 0 Å². The average Bonchev–Trinajstić information content (AvgIpc) is 3.87. The first-order chi connectivity index (χ1) is 26.5. The molecule has 6 N–H and O–H groups in total. The third kappa shape index (κ3) is 10.9. The van der Waals surface area contributed by atoms with Crippen LogP contribution in [-0.2, 0) is 25.5 Å². The fourth-order valence-corrected chi connectivity index (χ4v) is 6.34. The molecule has 0 unspecified atom stereocenters. The number of carboxylic acids is 1. The molecule has 3 amide bonds. The van der Waals surface area contributed by atoms with Gasteiger partial charge in [-0.15, -0.1) is 10.2 Å². The molecular weight excluding hydrogens is 735 g/mol. The van der Waals surface area contributed by atoms with Gasteiger partial charge in [0.1, 0.15) is 17.3 Å². The molecule has 1 aliphatic carbocycles. The molecule has 15 nitrogen and oxygen atoms in total. The van der Waals surface area contributed by atoms with Crippen molar-refractivity contribution in [2.45, 2.75) is 70.7 Å². The van der Waals surface area contributed by atoms with E-state index in [1.165, 1.54) is 0 Å². The standard InChI is InChI=1S/C36H41N9O4.C2HF3O2/c1-36(2,3)49-35(48)40-20-23-6-10-26(11-7-23)34(47)45(29-14-12-25(13-15-29)33-41-43-44-42-33)30(31(37)46)18-22-4-8-24(9-5-22)28-19-27-16-17-38-32(27)39-21-28;3-2(4,5)1(6)7/h4-5,8-9,12-17,19,21,23,26,30H,6-7,10-11,18,20H2,1-3H3,(H2,37,46)(H,38,39)(H,40,48)(H,41,42,43,44);(H,6,7)/t23?,26?,30-;/m0./s1. The maximum absolute atomic E-state index is 14.4. The molecule has 0 bridgehead atoms. The summed E-state index contributed by atoms with van der Waals surface area (Å²) < 4.78 is 37.1. The van der Waals surface area contributed by atoms with Crippen molar-refractivity contribution in [3.63, 3.8) is 0 Å². The lowest BCUT2D eigenvalue weighted by Crippen LogP contribution is -2.52. The van der Waals surface area contributed by atoms with Gasteiger partial charge in [-0.25, -0.2) is 14.6 Å². The Labute approximate surface area is 319 Å². The van der Waals surface area contributed by atoms with Gasteiger partial charge >= 0.3 is 18.2 Å².